The highest BCUT2D eigenvalue weighted by molar-refractivity contribution is 7.14. The summed E-state index contributed by atoms with van der Waals surface area (Å²) >= 11 is 1.16. The number of amides is 2. The van der Waals surface area contributed by atoms with E-state index in [0.717, 1.165) is 66.7 Å². The van der Waals surface area contributed by atoms with Gasteiger partial charge in [-0.05, 0) is 73.9 Å². The molecule has 1 aliphatic carbocycles. The number of fused-ring (bicyclic) bond motifs is 1. The molecule has 1 aliphatic rings. The zero-order valence-electron chi connectivity index (χ0n) is 23.6. The van der Waals surface area contributed by atoms with Gasteiger partial charge in [-0.25, -0.2) is 9.37 Å². The van der Waals surface area contributed by atoms with Crippen LogP contribution in [0.2, 0.25) is 0 Å². The molecule has 1 atom stereocenters. The summed E-state index contributed by atoms with van der Waals surface area (Å²) in [5, 5.41) is 6.53. The van der Waals surface area contributed by atoms with Crippen LogP contribution in [0.15, 0.2) is 43.0 Å². The maximum Gasteiger partial charge on any atom is 0.268 e. The van der Waals surface area contributed by atoms with Crippen molar-refractivity contribution in [2.24, 2.45) is 5.41 Å². The molecule has 0 spiro atoms. The Morgan fingerprint density at radius 2 is 1.95 bits per heavy atom. The number of rotatable bonds is 9. The Hall–Kier alpha value is -3.04. The summed E-state index contributed by atoms with van der Waals surface area (Å²) in [6.45, 7) is 13.3. The first-order chi connectivity index (χ1) is 18.5. The monoisotopic (exact) mass is 553 g/mol. The van der Waals surface area contributed by atoms with E-state index in [1.165, 1.54) is 13.0 Å². The van der Waals surface area contributed by atoms with Crippen LogP contribution in [0, 0.1) is 5.41 Å². The van der Waals surface area contributed by atoms with Gasteiger partial charge in [-0.15, -0.1) is 11.3 Å². The number of carbonyl (C=O) groups is 2. The van der Waals surface area contributed by atoms with Crippen molar-refractivity contribution in [1.29, 1.82) is 0 Å². The van der Waals surface area contributed by atoms with Crippen molar-refractivity contribution in [3.63, 3.8) is 0 Å². The smallest absolute Gasteiger partial charge is 0.268 e. The fraction of sp³-hybridized carbons (Fsp3) is 0.500. The van der Waals surface area contributed by atoms with Gasteiger partial charge in [0.25, 0.3) is 5.91 Å². The molecular weight excluding hydrogens is 513 g/mol. The van der Waals surface area contributed by atoms with Crippen molar-refractivity contribution in [2.75, 3.05) is 18.9 Å². The van der Waals surface area contributed by atoms with Crippen LogP contribution in [-0.2, 0) is 11.3 Å². The van der Waals surface area contributed by atoms with Crippen LogP contribution in [-0.4, -0.2) is 45.9 Å². The number of aromatic nitrogens is 2. The van der Waals surface area contributed by atoms with Crippen LogP contribution in [0.25, 0.3) is 11.0 Å². The molecule has 3 aromatic rings. The van der Waals surface area contributed by atoms with Crippen molar-refractivity contribution >= 4 is 40.1 Å². The molecular formula is C30H40FN5O2S. The maximum absolute atomic E-state index is 13.8. The fourth-order valence-electron chi connectivity index (χ4n) is 5.17. The van der Waals surface area contributed by atoms with E-state index < -0.39 is 6.17 Å². The lowest BCUT2D eigenvalue weighted by molar-refractivity contribution is -0.127. The Morgan fingerprint density at radius 1 is 1.23 bits per heavy atom. The minimum atomic E-state index is -1.12. The van der Waals surface area contributed by atoms with Gasteiger partial charge in [0.2, 0.25) is 11.9 Å². The summed E-state index contributed by atoms with van der Waals surface area (Å²) in [4.78, 5) is 32.9. The van der Waals surface area contributed by atoms with Crippen molar-refractivity contribution in [2.45, 2.75) is 78.2 Å². The highest BCUT2D eigenvalue weighted by Crippen LogP contribution is 2.36. The van der Waals surface area contributed by atoms with E-state index in [4.69, 9.17) is 4.98 Å². The number of alkyl halides is 1. The first kappa shape index (κ1) is 29.0. The van der Waals surface area contributed by atoms with Gasteiger partial charge in [-0.2, -0.15) is 0 Å². The molecule has 39 heavy (non-hydrogen) atoms. The number of halogens is 1. The quantitative estimate of drug-likeness (QED) is 0.291. The maximum atomic E-state index is 13.8. The van der Waals surface area contributed by atoms with E-state index in [9.17, 15) is 14.0 Å². The summed E-state index contributed by atoms with van der Waals surface area (Å²) in [5.41, 5.74) is 3.11. The number of benzene rings is 1. The van der Waals surface area contributed by atoms with Gasteiger partial charge in [-0.3, -0.25) is 14.9 Å². The van der Waals surface area contributed by atoms with Crippen molar-refractivity contribution in [3.05, 3.63) is 58.3 Å². The topological polar surface area (TPSA) is 79.3 Å². The van der Waals surface area contributed by atoms with Crippen LogP contribution in [0.3, 0.4) is 0 Å². The third-order valence-corrected chi connectivity index (χ3v) is 8.55. The van der Waals surface area contributed by atoms with E-state index >= 15 is 0 Å². The first-order valence-electron chi connectivity index (χ1n) is 13.6. The Labute approximate surface area is 234 Å². The van der Waals surface area contributed by atoms with E-state index in [1.54, 1.807) is 17.0 Å². The van der Waals surface area contributed by atoms with Crippen LogP contribution in [0.1, 0.15) is 85.7 Å². The predicted octanol–water partition coefficient (Wildman–Crippen LogP) is 6.64. The third kappa shape index (κ3) is 6.94. The number of anilines is 1. The number of hydrogen-bond acceptors (Lipinski definition) is 5. The zero-order chi connectivity index (χ0) is 28.3. The second-order valence-electron chi connectivity index (χ2n) is 11.7. The number of likely N-dealkylation sites (N-methyl/N-ethyl adjacent to an activating group) is 1. The lowest BCUT2D eigenvalue weighted by Gasteiger charge is -2.35. The number of nitrogens with zero attached hydrogens (tertiary/aromatic N) is 3. The molecule has 2 N–H and O–H groups in total. The van der Waals surface area contributed by atoms with Crippen LogP contribution < -0.4 is 10.6 Å². The summed E-state index contributed by atoms with van der Waals surface area (Å²) in [6, 6.07) is 9.88. The molecule has 2 amide bonds. The second kappa shape index (κ2) is 12.0. The molecule has 0 aliphatic heterocycles. The molecule has 4 rings (SSSR count). The summed E-state index contributed by atoms with van der Waals surface area (Å²) < 4.78 is 15.9. The largest absolute Gasteiger partial charge is 0.339 e. The van der Waals surface area contributed by atoms with Crippen LogP contribution in [0.4, 0.5) is 10.3 Å². The average molecular weight is 554 g/mol. The van der Waals surface area contributed by atoms with Gasteiger partial charge in [-0.1, -0.05) is 33.4 Å². The third-order valence-electron chi connectivity index (χ3n) is 7.31. The minimum absolute atomic E-state index is 0.0648. The van der Waals surface area contributed by atoms with Gasteiger partial charge in [0.1, 0.15) is 6.17 Å². The van der Waals surface area contributed by atoms with Crippen molar-refractivity contribution in [3.8, 4) is 0 Å². The molecule has 210 valence electrons. The normalized spacial score (nSPS) is 18.6. The van der Waals surface area contributed by atoms with Gasteiger partial charge in [0, 0.05) is 37.1 Å². The fourth-order valence-corrected chi connectivity index (χ4v) is 6.01. The lowest BCUT2D eigenvalue weighted by Crippen LogP contribution is -2.39. The molecule has 1 aromatic carbocycles. The first-order valence-corrected chi connectivity index (χ1v) is 14.4. The molecule has 9 heteroatoms. The number of thiophene rings is 1. The highest BCUT2D eigenvalue weighted by Gasteiger charge is 2.29. The van der Waals surface area contributed by atoms with Crippen LogP contribution >= 0.6 is 11.3 Å². The molecule has 1 unspecified atom stereocenters. The van der Waals surface area contributed by atoms with Crippen molar-refractivity contribution < 1.29 is 14.0 Å². The predicted molar refractivity (Wildman–Crippen MR) is 157 cm³/mol. The van der Waals surface area contributed by atoms with E-state index in [1.807, 2.05) is 7.05 Å². The Morgan fingerprint density at radius 3 is 2.56 bits per heavy atom. The highest BCUT2D eigenvalue weighted by atomic mass is 32.1. The Bertz CT molecular complexity index is 1330. The Balaban J connectivity index is 1.61. The summed E-state index contributed by atoms with van der Waals surface area (Å²) in [6.07, 6.45) is 3.65. The minimum Gasteiger partial charge on any atom is -0.339 e. The number of carbonyl (C=O) groups excluding carboxylic acids is 2. The van der Waals surface area contributed by atoms with E-state index in [2.05, 4.69) is 60.7 Å². The molecule has 2 heterocycles. The molecule has 2 aromatic heterocycles. The number of nitrogens with one attached hydrogen (secondary N) is 2. The average Bonchev–Trinajstić information content (AvgIpc) is 3.52. The van der Waals surface area contributed by atoms with Crippen LogP contribution in [0.5, 0.6) is 0 Å². The standard InChI is InChI=1S/C30H40FN5O2S/c1-7-27(37)35(6)21-9-11-22(12-10-21)36-24-13-8-20(17-32-18-30(3,4)5)16-23(24)33-29(36)34-28(38)26-15-14-25(39-26)19(2)31/h7-8,13-16,19,21-22,32H,1,9-12,17-18H2,2-6H3,(H,33,34,38). The number of hydrogen-bond donors (Lipinski definition) is 2. The molecule has 0 radical (unpaired) electrons. The summed E-state index contributed by atoms with van der Waals surface area (Å²) in [7, 11) is 1.83. The summed E-state index contributed by atoms with van der Waals surface area (Å²) in [5.74, 6) is 0.141. The van der Waals surface area contributed by atoms with E-state index in [-0.39, 0.29) is 29.3 Å². The molecule has 0 saturated heterocycles. The van der Waals surface area contributed by atoms with Gasteiger partial charge in [0.05, 0.1) is 15.9 Å². The van der Waals surface area contributed by atoms with E-state index in [0.29, 0.717) is 15.7 Å². The molecule has 0 bridgehead atoms. The molecule has 1 fully saturated rings. The second-order valence-corrected chi connectivity index (χ2v) is 12.8. The van der Waals surface area contributed by atoms with Gasteiger partial charge >= 0.3 is 0 Å². The van der Waals surface area contributed by atoms with Gasteiger partial charge < -0.3 is 14.8 Å². The number of imidazole rings is 1. The lowest BCUT2D eigenvalue weighted by atomic mass is 9.90. The zero-order valence-corrected chi connectivity index (χ0v) is 24.4. The van der Waals surface area contributed by atoms with Gasteiger partial charge in [0.15, 0.2) is 0 Å². The molecule has 7 nitrogen and oxygen atoms in total. The Kier molecular flexibility index (Phi) is 8.91. The van der Waals surface area contributed by atoms with Crippen molar-refractivity contribution in [1.82, 2.24) is 19.8 Å². The molecule has 1 saturated carbocycles. The SMILES string of the molecule is C=CC(=O)N(C)C1CCC(n2c(NC(=O)c3ccc(C(C)F)s3)nc3cc(CNCC(C)(C)C)ccc32)CC1.